The van der Waals surface area contributed by atoms with E-state index < -0.39 is 0 Å². The zero-order chi connectivity index (χ0) is 13.0. The largest absolute Gasteiger partial charge is 0.308 e. The van der Waals surface area contributed by atoms with Crippen molar-refractivity contribution in [1.82, 2.24) is 25.5 Å². The quantitative estimate of drug-likeness (QED) is 0.919. The molecule has 0 fully saturated rings. The molecule has 0 saturated heterocycles. The van der Waals surface area contributed by atoms with Gasteiger partial charge >= 0.3 is 0 Å². The summed E-state index contributed by atoms with van der Waals surface area (Å²) in [4.78, 5) is 0. The first-order valence-corrected chi connectivity index (χ1v) is 6.74. The van der Waals surface area contributed by atoms with Crippen LogP contribution in [0.15, 0.2) is 28.7 Å². The van der Waals surface area contributed by atoms with E-state index >= 15 is 0 Å². The van der Waals surface area contributed by atoms with E-state index in [9.17, 15) is 0 Å². The Morgan fingerprint density at radius 2 is 2.06 bits per heavy atom. The van der Waals surface area contributed by atoms with Gasteiger partial charge in [-0.3, -0.25) is 0 Å². The number of hydrogen-bond acceptors (Lipinski definition) is 4. The van der Waals surface area contributed by atoms with Crippen LogP contribution in [0.2, 0.25) is 0 Å². The van der Waals surface area contributed by atoms with Gasteiger partial charge in [0, 0.05) is 4.47 Å². The van der Waals surface area contributed by atoms with Gasteiger partial charge in [-0.2, -0.15) is 0 Å². The molecule has 96 valence electrons. The first-order chi connectivity index (χ1) is 8.70. The van der Waals surface area contributed by atoms with Gasteiger partial charge in [-0.1, -0.05) is 35.0 Å². The predicted molar refractivity (Wildman–Crippen MR) is 73.2 cm³/mol. The van der Waals surface area contributed by atoms with Gasteiger partial charge in [0.2, 0.25) is 0 Å². The Kier molecular flexibility index (Phi) is 4.43. The summed E-state index contributed by atoms with van der Waals surface area (Å²) in [7, 11) is 0. The number of nitrogens with one attached hydrogen (secondary N) is 1. The molecule has 0 bridgehead atoms. The number of tetrazole rings is 1. The molecule has 0 aliphatic heterocycles. The molecular formula is C12H16BrN5. The zero-order valence-electron chi connectivity index (χ0n) is 10.5. The number of rotatable bonds is 5. The van der Waals surface area contributed by atoms with Crippen LogP contribution in [0.1, 0.15) is 31.3 Å². The van der Waals surface area contributed by atoms with Crippen LogP contribution in [-0.4, -0.2) is 26.8 Å². The first kappa shape index (κ1) is 13.2. The molecule has 0 radical (unpaired) electrons. The van der Waals surface area contributed by atoms with E-state index in [1.807, 2.05) is 16.8 Å². The molecule has 1 N–H and O–H groups in total. The van der Waals surface area contributed by atoms with E-state index in [2.05, 4.69) is 62.8 Å². The molecule has 0 amide bonds. The molecule has 5 nitrogen and oxygen atoms in total. The fourth-order valence-corrected chi connectivity index (χ4v) is 2.06. The third-order valence-electron chi connectivity index (χ3n) is 2.70. The van der Waals surface area contributed by atoms with Crippen molar-refractivity contribution >= 4 is 15.9 Å². The molecule has 18 heavy (non-hydrogen) atoms. The molecule has 1 atom stereocenters. The molecule has 0 saturated carbocycles. The van der Waals surface area contributed by atoms with Gasteiger partial charge in [-0.25, -0.2) is 4.68 Å². The van der Waals surface area contributed by atoms with Gasteiger partial charge in [0.25, 0.3) is 0 Å². The van der Waals surface area contributed by atoms with Crippen LogP contribution in [0, 0.1) is 0 Å². The fraction of sp³-hybridized carbons (Fsp3) is 0.417. The summed E-state index contributed by atoms with van der Waals surface area (Å²) in [5.41, 5.74) is 1.18. The highest BCUT2D eigenvalue weighted by Crippen LogP contribution is 2.13. The SMILES string of the molecule is CCNC(C)c1nnnn1Cc1ccc(Br)cc1. The topological polar surface area (TPSA) is 55.6 Å². The number of halogens is 1. The summed E-state index contributed by atoms with van der Waals surface area (Å²) in [5, 5.41) is 15.2. The maximum absolute atomic E-state index is 4.08. The lowest BCUT2D eigenvalue weighted by molar-refractivity contribution is 0.516. The molecule has 0 aliphatic rings. The van der Waals surface area contributed by atoms with E-state index in [4.69, 9.17) is 0 Å². The van der Waals surface area contributed by atoms with Crippen LogP contribution in [0.25, 0.3) is 0 Å². The van der Waals surface area contributed by atoms with Crippen molar-refractivity contribution in [3.63, 3.8) is 0 Å². The van der Waals surface area contributed by atoms with E-state index in [1.54, 1.807) is 0 Å². The highest BCUT2D eigenvalue weighted by atomic mass is 79.9. The summed E-state index contributed by atoms with van der Waals surface area (Å²) >= 11 is 3.42. The Morgan fingerprint density at radius 3 is 2.72 bits per heavy atom. The Morgan fingerprint density at radius 1 is 1.33 bits per heavy atom. The van der Waals surface area contributed by atoms with E-state index in [-0.39, 0.29) is 6.04 Å². The van der Waals surface area contributed by atoms with Crippen LogP contribution < -0.4 is 5.32 Å². The van der Waals surface area contributed by atoms with Crippen molar-refractivity contribution in [2.24, 2.45) is 0 Å². The standard InChI is InChI=1S/C12H16BrN5/c1-3-14-9(2)12-15-16-17-18(12)8-10-4-6-11(13)7-5-10/h4-7,9,14H,3,8H2,1-2H3. The Hall–Kier alpha value is -1.27. The van der Waals surface area contributed by atoms with Gasteiger partial charge in [-0.15, -0.1) is 5.10 Å². The summed E-state index contributed by atoms with van der Waals surface area (Å²) in [6.45, 7) is 5.71. The van der Waals surface area contributed by atoms with Crippen molar-refractivity contribution in [3.05, 3.63) is 40.1 Å². The minimum atomic E-state index is 0.153. The van der Waals surface area contributed by atoms with Crippen LogP contribution in [0.3, 0.4) is 0 Å². The number of nitrogens with zero attached hydrogens (tertiary/aromatic N) is 4. The van der Waals surface area contributed by atoms with Crippen molar-refractivity contribution in [2.75, 3.05) is 6.54 Å². The smallest absolute Gasteiger partial charge is 0.168 e. The summed E-state index contributed by atoms with van der Waals surface area (Å²) in [6, 6.07) is 8.32. The molecule has 1 heterocycles. The average Bonchev–Trinajstić information content (AvgIpc) is 2.81. The van der Waals surface area contributed by atoms with E-state index in [0.717, 1.165) is 16.8 Å². The minimum absolute atomic E-state index is 0.153. The fourth-order valence-electron chi connectivity index (χ4n) is 1.79. The van der Waals surface area contributed by atoms with Crippen LogP contribution in [-0.2, 0) is 6.54 Å². The van der Waals surface area contributed by atoms with Gasteiger partial charge < -0.3 is 5.32 Å². The van der Waals surface area contributed by atoms with Gasteiger partial charge in [0.05, 0.1) is 12.6 Å². The summed E-state index contributed by atoms with van der Waals surface area (Å²) in [5.74, 6) is 0.861. The molecule has 0 aliphatic carbocycles. The second-order valence-electron chi connectivity index (χ2n) is 4.10. The number of aromatic nitrogens is 4. The molecule has 1 aromatic carbocycles. The minimum Gasteiger partial charge on any atom is -0.308 e. The lowest BCUT2D eigenvalue weighted by Gasteiger charge is -2.12. The molecule has 2 rings (SSSR count). The van der Waals surface area contributed by atoms with Crippen molar-refractivity contribution in [3.8, 4) is 0 Å². The molecule has 0 spiro atoms. The van der Waals surface area contributed by atoms with Crippen LogP contribution >= 0.6 is 15.9 Å². The third-order valence-corrected chi connectivity index (χ3v) is 3.23. The number of hydrogen-bond donors (Lipinski definition) is 1. The Labute approximate surface area is 115 Å². The van der Waals surface area contributed by atoms with Crippen LogP contribution in [0.4, 0.5) is 0 Å². The highest BCUT2D eigenvalue weighted by molar-refractivity contribution is 9.10. The molecule has 1 unspecified atom stereocenters. The predicted octanol–water partition coefficient (Wildman–Crippen LogP) is 2.15. The maximum Gasteiger partial charge on any atom is 0.168 e. The van der Waals surface area contributed by atoms with Gasteiger partial charge in [0.1, 0.15) is 0 Å². The Balaban J connectivity index is 2.14. The second kappa shape index (κ2) is 6.06. The third kappa shape index (κ3) is 3.14. The first-order valence-electron chi connectivity index (χ1n) is 5.94. The van der Waals surface area contributed by atoms with Gasteiger partial charge in [-0.05, 0) is 41.6 Å². The molecular weight excluding hydrogens is 294 g/mol. The summed E-state index contributed by atoms with van der Waals surface area (Å²) < 4.78 is 2.90. The molecule has 1 aromatic heterocycles. The summed E-state index contributed by atoms with van der Waals surface area (Å²) in [6.07, 6.45) is 0. The van der Waals surface area contributed by atoms with Crippen molar-refractivity contribution < 1.29 is 0 Å². The number of benzene rings is 1. The van der Waals surface area contributed by atoms with Crippen LogP contribution in [0.5, 0.6) is 0 Å². The zero-order valence-corrected chi connectivity index (χ0v) is 12.1. The van der Waals surface area contributed by atoms with Crippen molar-refractivity contribution in [2.45, 2.75) is 26.4 Å². The monoisotopic (exact) mass is 309 g/mol. The second-order valence-corrected chi connectivity index (χ2v) is 5.02. The maximum atomic E-state index is 4.08. The molecule has 6 heteroatoms. The highest BCUT2D eigenvalue weighted by Gasteiger charge is 2.13. The lowest BCUT2D eigenvalue weighted by Crippen LogP contribution is -2.22. The van der Waals surface area contributed by atoms with E-state index in [0.29, 0.717) is 6.54 Å². The molecule has 2 aromatic rings. The van der Waals surface area contributed by atoms with Crippen molar-refractivity contribution in [1.29, 1.82) is 0 Å². The van der Waals surface area contributed by atoms with Gasteiger partial charge in [0.15, 0.2) is 5.82 Å². The lowest BCUT2D eigenvalue weighted by atomic mass is 10.2. The van der Waals surface area contributed by atoms with E-state index in [1.165, 1.54) is 5.56 Å². The Bertz CT molecular complexity index is 493. The average molecular weight is 310 g/mol. The normalized spacial score (nSPS) is 12.6.